The molecular weight excluding hydrogens is 423 g/mol. The molecule has 3 heterocycles. The Labute approximate surface area is 186 Å². The zero-order valence-corrected chi connectivity index (χ0v) is 18.6. The number of aromatic nitrogens is 3. The van der Waals surface area contributed by atoms with Crippen molar-refractivity contribution >= 4 is 46.0 Å². The van der Waals surface area contributed by atoms with Gasteiger partial charge in [-0.15, -0.1) is 0 Å². The molecule has 1 amide bonds. The van der Waals surface area contributed by atoms with Crippen LogP contribution in [0.2, 0.25) is 10.0 Å². The van der Waals surface area contributed by atoms with Crippen molar-refractivity contribution in [1.82, 2.24) is 20.3 Å². The number of fused-ring (bicyclic) bond motifs is 1. The van der Waals surface area contributed by atoms with Gasteiger partial charge in [0.2, 0.25) is 5.91 Å². The van der Waals surface area contributed by atoms with Crippen molar-refractivity contribution in [1.29, 1.82) is 0 Å². The largest absolute Gasteiger partial charge is 0.356 e. The van der Waals surface area contributed by atoms with E-state index in [0.717, 1.165) is 16.8 Å². The molecule has 4 N–H and O–H groups in total. The fourth-order valence-electron chi connectivity index (χ4n) is 3.45. The van der Waals surface area contributed by atoms with E-state index in [0.29, 0.717) is 48.2 Å². The number of nitrogens with two attached hydrogens (primary N) is 1. The molecule has 3 aromatic rings. The van der Waals surface area contributed by atoms with Crippen LogP contribution < -0.4 is 16.0 Å². The van der Waals surface area contributed by atoms with E-state index in [1.165, 1.54) is 6.33 Å². The highest BCUT2D eigenvalue weighted by Gasteiger charge is 2.38. The Bertz CT molecular complexity index is 996. The van der Waals surface area contributed by atoms with Crippen LogP contribution in [-0.2, 0) is 11.3 Å². The van der Waals surface area contributed by atoms with Gasteiger partial charge in [-0.25, -0.2) is 9.97 Å². The quantitative estimate of drug-likeness (QED) is 0.561. The van der Waals surface area contributed by atoms with E-state index in [4.69, 9.17) is 28.9 Å². The Morgan fingerprint density at radius 2 is 1.87 bits per heavy atom. The van der Waals surface area contributed by atoms with E-state index >= 15 is 0 Å². The third kappa shape index (κ3) is 4.69. The van der Waals surface area contributed by atoms with Gasteiger partial charge in [0.1, 0.15) is 17.8 Å². The number of carbonyl (C=O) groups excluding carboxylic acids is 1. The highest BCUT2D eigenvalue weighted by Crippen LogP contribution is 2.32. The fraction of sp³-hybridized carbons (Fsp3) is 0.381. The normalized spacial score (nSPS) is 15.4. The molecule has 0 saturated carbocycles. The van der Waals surface area contributed by atoms with Gasteiger partial charge in [0.25, 0.3) is 0 Å². The van der Waals surface area contributed by atoms with Gasteiger partial charge in [-0.2, -0.15) is 0 Å². The molecule has 160 valence electrons. The van der Waals surface area contributed by atoms with Crippen LogP contribution in [0.15, 0.2) is 36.8 Å². The standard InChI is InChI=1S/C19H20Cl2N6O.C2H6/c20-13-3-1-12(2-4-13)9-24-18(28)19(22)5-7-27(8-6-19)17-15-14(21)10-23-16(15)25-11-26-17;1-2/h1-4,10-11H,5-9,22H2,(H,24,28)(H,23,25,26);1-2H3. The zero-order chi connectivity index (χ0) is 21.7. The minimum Gasteiger partial charge on any atom is -0.356 e. The first-order chi connectivity index (χ1) is 14.5. The lowest BCUT2D eigenvalue weighted by molar-refractivity contribution is -0.127. The van der Waals surface area contributed by atoms with Crippen LogP contribution in [0.3, 0.4) is 0 Å². The molecular formula is C21H26Cl2N6O. The monoisotopic (exact) mass is 448 g/mol. The molecule has 0 atom stereocenters. The summed E-state index contributed by atoms with van der Waals surface area (Å²) in [4.78, 5) is 26.4. The Morgan fingerprint density at radius 3 is 2.53 bits per heavy atom. The molecule has 1 aliphatic rings. The van der Waals surface area contributed by atoms with Gasteiger partial charge in [-0.05, 0) is 30.5 Å². The van der Waals surface area contributed by atoms with Gasteiger partial charge in [-0.3, -0.25) is 4.79 Å². The minimum atomic E-state index is -0.906. The number of halogens is 2. The highest BCUT2D eigenvalue weighted by molar-refractivity contribution is 6.36. The Morgan fingerprint density at radius 1 is 1.20 bits per heavy atom. The summed E-state index contributed by atoms with van der Waals surface area (Å²) in [6, 6.07) is 7.37. The molecule has 4 rings (SSSR count). The van der Waals surface area contributed by atoms with E-state index in [9.17, 15) is 4.79 Å². The molecule has 1 fully saturated rings. The van der Waals surface area contributed by atoms with E-state index < -0.39 is 5.54 Å². The summed E-state index contributed by atoms with van der Waals surface area (Å²) in [6.07, 6.45) is 4.25. The van der Waals surface area contributed by atoms with Crippen molar-refractivity contribution < 1.29 is 4.79 Å². The van der Waals surface area contributed by atoms with E-state index in [1.54, 1.807) is 18.3 Å². The topological polar surface area (TPSA) is 99.9 Å². The molecule has 0 unspecified atom stereocenters. The van der Waals surface area contributed by atoms with Crippen molar-refractivity contribution in [2.75, 3.05) is 18.0 Å². The number of benzene rings is 1. The molecule has 0 aliphatic carbocycles. The summed E-state index contributed by atoms with van der Waals surface area (Å²) >= 11 is 12.2. The SMILES string of the molecule is CC.NC1(C(=O)NCc2ccc(Cl)cc2)CCN(c2ncnc3[nH]cc(Cl)c23)CC1. The van der Waals surface area contributed by atoms with Crippen molar-refractivity contribution in [2.45, 2.75) is 38.8 Å². The number of piperidine rings is 1. The van der Waals surface area contributed by atoms with Crippen LogP contribution in [0.4, 0.5) is 5.82 Å². The number of rotatable bonds is 4. The predicted molar refractivity (Wildman–Crippen MR) is 122 cm³/mol. The molecule has 0 spiro atoms. The number of hydrogen-bond donors (Lipinski definition) is 3. The molecule has 1 aliphatic heterocycles. The summed E-state index contributed by atoms with van der Waals surface area (Å²) in [7, 11) is 0. The Hall–Kier alpha value is -2.35. The first-order valence-corrected chi connectivity index (χ1v) is 10.8. The number of anilines is 1. The summed E-state index contributed by atoms with van der Waals surface area (Å²) in [5.74, 6) is 0.620. The molecule has 2 aromatic heterocycles. The Balaban J connectivity index is 0.00000124. The van der Waals surface area contributed by atoms with Crippen molar-refractivity contribution in [3.8, 4) is 0 Å². The molecule has 9 heteroatoms. The van der Waals surface area contributed by atoms with Crippen molar-refractivity contribution in [2.24, 2.45) is 5.73 Å². The number of H-pyrrole nitrogens is 1. The maximum absolute atomic E-state index is 12.7. The van der Waals surface area contributed by atoms with Gasteiger partial charge in [0, 0.05) is 30.9 Å². The molecule has 1 aromatic carbocycles. The average Bonchev–Trinajstić information content (AvgIpc) is 3.16. The first-order valence-electron chi connectivity index (χ1n) is 10.0. The van der Waals surface area contributed by atoms with Gasteiger partial charge < -0.3 is 20.9 Å². The third-order valence-electron chi connectivity index (χ3n) is 5.18. The summed E-state index contributed by atoms with van der Waals surface area (Å²) < 4.78 is 0. The molecule has 30 heavy (non-hydrogen) atoms. The van der Waals surface area contributed by atoms with Crippen LogP contribution in [0, 0.1) is 0 Å². The molecule has 0 bridgehead atoms. The number of hydrogen-bond acceptors (Lipinski definition) is 5. The van der Waals surface area contributed by atoms with E-state index in [1.807, 2.05) is 26.0 Å². The average molecular weight is 449 g/mol. The van der Waals surface area contributed by atoms with Crippen molar-refractivity contribution in [3.05, 3.63) is 52.4 Å². The van der Waals surface area contributed by atoms with Crippen LogP contribution in [0.5, 0.6) is 0 Å². The van der Waals surface area contributed by atoms with E-state index in [2.05, 4.69) is 25.2 Å². The summed E-state index contributed by atoms with van der Waals surface area (Å²) in [5.41, 5.74) is 7.19. The van der Waals surface area contributed by atoms with Crippen molar-refractivity contribution in [3.63, 3.8) is 0 Å². The maximum atomic E-state index is 12.7. The van der Waals surface area contributed by atoms with Crippen LogP contribution in [0.25, 0.3) is 11.0 Å². The number of nitrogens with one attached hydrogen (secondary N) is 2. The van der Waals surface area contributed by atoms with Gasteiger partial charge in [-0.1, -0.05) is 49.2 Å². The Kier molecular flexibility index (Phi) is 7.18. The maximum Gasteiger partial charge on any atom is 0.240 e. The lowest BCUT2D eigenvalue weighted by Gasteiger charge is -2.38. The predicted octanol–water partition coefficient (Wildman–Crippen LogP) is 3.91. The molecule has 0 radical (unpaired) electrons. The van der Waals surface area contributed by atoms with Crippen LogP contribution in [-0.4, -0.2) is 39.5 Å². The smallest absolute Gasteiger partial charge is 0.240 e. The first kappa shape index (κ1) is 22.3. The lowest BCUT2D eigenvalue weighted by atomic mass is 9.87. The second-order valence-electron chi connectivity index (χ2n) is 7.01. The number of amides is 1. The van der Waals surface area contributed by atoms with Gasteiger partial charge in [0.15, 0.2) is 0 Å². The zero-order valence-electron chi connectivity index (χ0n) is 17.1. The number of nitrogens with zero attached hydrogens (tertiary/aromatic N) is 3. The van der Waals surface area contributed by atoms with Gasteiger partial charge >= 0.3 is 0 Å². The van der Waals surface area contributed by atoms with Gasteiger partial charge in [0.05, 0.1) is 15.9 Å². The minimum absolute atomic E-state index is 0.144. The summed E-state index contributed by atoms with van der Waals surface area (Å²) in [5, 5.41) is 4.98. The third-order valence-corrected chi connectivity index (χ3v) is 5.73. The highest BCUT2D eigenvalue weighted by atomic mass is 35.5. The second-order valence-corrected chi connectivity index (χ2v) is 7.85. The molecule has 7 nitrogen and oxygen atoms in total. The number of carbonyl (C=O) groups is 1. The molecule has 1 saturated heterocycles. The fourth-order valence-corrected chi connectivity index (χ4v) is 3.81. The van der Waals surface area contributed by atoms with Crippen LogP contribution >= 0.6 is 23.2 Å². The van der Waals surface area contributed by atoms with E-state index in [-0.39, 0.29) is 5.91 Å². The summed E-state index contributed by atoms with van der Waals surface area (Å²) in [6.45, 7) is 5.64. The van der Waals surface area contributed by atoms with Crippen LogP contribution in [0.1, 0.15) is 32.3 Å². The second kappa shape index (κ2) is 9.64. The number of aromatic amines is 1. The lowest BCUT2D eigenvalue weighted by Crippen LogP contribution is -2.59.